The van der Waals surface area contributed by atoms with Crippen molar-refractivity contribution in [3.8, 4) is 0 Å². The van der Waals surface area contributed by atoms with Crippen molar-refractivity contribution in [1.29, 1.82) is 0 Å². The molecule has 1 N–H and O–H groups in total. The maximum absolute atomic E-state index is 4.59. The maximum Gasteiger partial charge on any atom is 0.0605 e. The molecule has 0 fully saturated rings. The maximum atomic E-state index is 4.59. The number of rotatable bonds is 2. The lowest BCUT2D eigenvalue weighted by molar-refractivity contribution is 0.393. The van der Waals surface area contributed by atoms with Crippen molar-refractivity contribution in [2.24, 2.45) is 0 Å². The third kappa shape index (κ3) is 2.14. The summed E-state index contributed by atoms with van der Waals surface area (Å²) in [5, 5.41) is 3.85. The van der Waals surface area contributed by atoms with Crippen LogP contribution in [0.1, 0.15) is 41.3 Å². The van der Waals surface area contributed by atoms with Gasteiger partial charge in [-0.2, -0.15) is 0 Å². The van der Waals surface area contributed by atoms with E-state index in [1.165, 1.54) is 48.1 Å². The van der Waals surface area contributed by atoms with Gasteiger partial charge in [-0.25, -0.2) is 0 Å². The first kappa shape index (κ1) is 12.1. The van der Waals surface area contributed by atoms with Gasteiger partial charge in [0.25, 0.3) is 0 Å². The summed E-state index contributed by atoms with van der Waals surface area (Å²) in [5.41, 5.74) is 5.78. The highest BCUT2D eigenvalue weighted by atomic mass is 15.0. The van der Waals surface area contributed by atoms with E-state index < -0.39 is 0 Å². The highest BCUT2D eigenvalue weighted by molar-refractivity contribution is 5.31. The Balaban J connectivity index is 1.49. The fourth-order valence-electron chi connectivity index (χ4n) is 3.70. The third-order valence-corrected chi connectivity index (χ3v) is 4.74. The zero-order valence-electron chi connectivity index (χ0n) is 11.7. The average Bonchev–Trinajstić information content (AvgIpc) is 2.91. The van der Waals surface area contributed by atoms with Crippen LogP contribution in [0.25, 0.3) is 0 Å². The Morgan fingerprint density at radius 1 is 0.900 bits per heavy atom. The lowest BCUT2D eigenvalue weighted by Gasteiger charge is -2.28. The van der Waals surface area contributed by atoms with Gasteiger partial charge >= 0.3 is 0 Å². The topological polar surface area (TPSA) is 24.9 Å². The largest absolute Gasteiger partial charge is 0.305 e. The van der Waals surface area contributed by atoms with Crippen LogP contribution >= 0.6 is 0 Å². The molecule has 0 saturated heterocycles. The summed E-state index contributed by atoms with van der Waals surface area (Å²) < 4.78 is 0. The molecule has 2 atom stereocenters. The van der Waals surface area contributed by atoms with E-state index in [0.717, 1.165) is 6.42 Å². The normalized spacial score (nSPS) is 24.2. The molecular weight excluding hydrogens is 244 g/mol. The van der Waals surface area contributed by atoms with E-state index in [9.17, 15) is 0 Å². The molecular formula is C18H20N2. The van der Waals surface area contributed by atoms with Crippen LogP contribution in [0.3, 0.4) is 0 Å². The van der Waals surface area contributed by atoms with Crippen molar-refractivity contribution < 1.29 is 0 Å². The second-order valence-electron chi connectivity index (χ2n) is 6.01. The third-order valence-electron chi connectivity index (χ3n) is 4.74. The van der Waals surface area contributed by atoms with Crippen molar-refractivity contribution in [2.45, 2.75) is 44.2 Å². The van der Waals surface area contributed by atoms with Crippen LogP contribution in [0.4, 0.5) is 0 Å². The van der Waals surface area contributed by atoms with Crippen LogP contribution in [-0.4, -0.2) is 11.0 Å². The minimum atomic E-state index is 0.460. The number of aromatic nitrogens is 1. The second-order valence-corrected chi connectivity index (χ2v) is 6.01. The predicted octanol–water partition coefficient (Wildman–Crippen LogP) is 3.22. The Kier molecular flexibility index (Phi) is 3.04. The average molecular weight is 264 g/mol. The molecule has 1 aromatic heterocycles. The summed E-state index contributed by atoms with van der Waals surface area (Å²) in [5.74, 6) is 0. The summed E-state index contributed by atoms with van der Waals surface area (Å²) in [6, 6.07) is 14.2. The van der Waals surface area contributed by atoms with Crippen molar-refractivity contribution in [3.63, 3.8) is 0 Å². The fourth-order valence-corrected chi connectivity index (χ4v) is 3.70. The second kappa shape index (κ2) is 5.02. The molecule has 0 bridgehead atoms. The molecule has 4 rings (SSSR count). The van der Waals surface area contributed by atoms with E-state index in [1.807, 2.05) is 6.20 Å². The van der Waals surface area contributed by atoms with Crippen LogP contribution in [-0.2, 0) is 19.3 Å². The quantitative estimate of drug-likeness (QED) is 0.901. The van der Waals surface area contributed by atoms with E-state index in [4.69, 9.17) is 0 Å². The smallest absolute Gasteiger partial charge is 0.0605 e. The van der Waals surface area contributed by atoms with Crippen LogP contribution in [0, 0.1) is 0 Å². The molecule has 2 heteroatoms. The first-order valence-corrected chi connectivity index (χ1v) is 7.67. The summed E-state index contributed by atoms with van der Waals surface area (Å²) in [4.78, 5) is 4.59. The van der Waals surface area contributed by atoms with Gasteiger partial charge in [-0.1, -0.05) is 30.3 Å². The number of hydrogen-bond acceptors (Lipinski definition) is 2. The molecule has 0 amide bonds. The molecule has 2 aliphatic rings. The minimum Gasteiger partial charge on any atom is -0.305 e. The van der Waals surface area contributed by atoms with Crippen molar-refractivity contribution in [3.05, 3.63) is 65.0 Å². The lowest BCUT2D eigenvalue weighted by atomic mass is 9.88. The zero-order chi connectivity index (χ0) is 13.4. The molecule has 2 unspecified atom stereocenters. The van der Waals surface area contributed by atoms with Gasteiger partial charge in [0.1, 0.15) is 0 Å². The van der Waals surface area contributed by atoms with Gasteiger partial charge < -0.3 is 5.32 Å². The lowest BCUT2D eigenvalue weighted by Crippen LogP contribution is -2.36. The molecule has 2 aromatic rings. The van der Waals surface area contributed by atoms with Gasteiger partial charge in [0.2, 0.25) is 0 Å². The molecule has 0 radical (unpaired) electrons. The Morgan fingerprint density at radius 3 is 2.65 bits per heavy atom. The van der Waals surface area contributed by atoms with Crippen molar-refractivity contribution >= 4 is 0 Å². The molecule has 0 aliphatic heterocycles. The zero-order valence-corrected chi connectivity index (χ0v) is 11.7. The summed E-state index contributed by atoms with van der Waals surface area (Å²) in [6.07, 6.45) is 7.91. The molecule has 102 valence electrons. The summed E-state index contributed by atoms with van der Waals surface area (Å²) in [7, 11) is 0. The van der Waals surface area contributed by atoms with Gasteiger partial charge in [0.05, 0.1) is 11.7 Å². The van der Waals surface area contributed by atoms with Gasteiger partial charge in [-0.15, -0.1) is 0 Å². The molecule has 2 aliphatic carbocycles. The van der Waals surface area contributed by atoms with Crippen LogP contribution < -0.4 is 5.32 Å². The van der Waals surface area contributed by atoms with E-state index in [0.29, 0.717) is 12.1 Å². The molecule has 20 heavy (non-hydrogen) atoms. The predicted molar refractivity (Wildman–Crippen MR) is 80.7 cm³/mol. The van der Waals surface area contributed by atoms with E-state index in [1.54, 1.807) is 0 Å². The first-order chi connectivity index (χ1) is 9.90. The van der Waals surface area contributed by atoms with E-state index in [2.05, 4.69) is 46.7 Å². The number of nitrogens with one attached hydrogen (secondary N) is 1. The molecule has 1 aromatic carbocycles. The highest BCUT2D eigenvalue weighted by Gasteiger charge is 2.27. The van der Waals surface area contributed by atoms with E-state index >= 15 is 0 Å². The molecule has 1 heterocycles. The number of nitrogens with zero attached hydrogens (tertiary/aromatic N) is 1. The minimum absolute atomic E-state index is 0.460. The summed E-state index contributed by atoms with van der Waals surface area (Å²) >= 11 is 0. The standard InChI is InChI=1S/C18H20N2/c1-2-5-15-12-16(9-7-13(15)4-1)20-17-10-8-14-6-3-11-19-18(14)17/h1-6,11,16-17,20H,7-10,12H2. The monoisotopic (exact) mass is 264 g/mol. The van der Waals surface area contributed by atoms with Gasteiger partial charge in [-0.3, -0.25) is 4.98 Å². The number of benzene rings is 1. The Morgan fingerprint density at radius 2 is 1.70 bits per heavy atom. The summed E-state index contributed by atoms with van der Waals surface area (Å²) in [6.45, 7) is 0. The van der Waals surface area contributed by atoms with E-state index in [-0.39, 0.29) is 0 Å². The van der Waals surface area contributed by atoms with Gasteiger partial charge in [-0.05, 0) is 54.9 Å². The molecule has 0 spiro atoms. The Labute approximate surface area is 120 Å². The number of fused-ring (bicyclic) bond motifs is 2. The Bertz CT molecular complexity index is 620. The van der Waals surface area contributed by atoms with Crippen LogP contribution in [0.2, 0.25) is 0 Å². The fraction of sp³-hybridized carbons (Fsp3) is 0.389. The Hall–Kier alpha value is -1.67. The van der Waals surface area contributed by atoms with Gasteiger partial charge in [0.15, 0.2) is 0 Å². The van der Waals surface area contributed by atoms with Crippen molar-refractivity contribution in [2.75, 3.05) is 0 Å². The SMILES string of the molecule is c1ccc2c(c1)CCC(NC1CCc3cccnc31)C2. The van der Waals surface area contributed by atoms with Crippen LogP contribution in [0.15, 0.2) is 42.6 Å². The molecule has 0 saturated carbocycles. The van der Waals surface area contributed by atoms with Gasteiger partial charge in [0, 0.05) is 12.2 Å². The highest BCUT2D eigenvalue weighted by Crippen LogP contribution is 2.31. The number of hydrogen-bond donors (Lipinski definition) is 1. The van der Waals surface area contributed by atoms with Crippen LogP contribution in [0.5, 0.6) is 0 Å². The number of pyridine rings is 1. The number of aryl methyl sites for hydroxylation is 2. The van der Waals surface area contributed by atoms with Crippen molar-refractivity contribution in [1.82, 2.24) is 10.3 Å². The molecule has 2 nitrogen and oxygen atoms in total. The first-order valence-electron chi connectivity index (χ1n) is 7.67.